The fourth-order valence-electron chi connectivity index (χ4n) is 3.50. The van der Waals surface area contributed by atoms with E-state index in [1.807, 2.05) is 13.0 Å². The molecular weight excluding hydrogens is 330 g/mol. The average Bonchev–Trinajstić information content (AvgIpc) is 2.92. The summed E-state index contributed by atoms with van der Waals surface area (Å²) in [5, 5.41) is 3.06. The van der Waals surface area contributed by atoms with Crippen LogP contribution in [0.4, 0.5) is 0 Å². The lowest BCUT2D eigenvalue weighted by Gasteiger charge is -2.34. The van der Waals surface area contributed by atoms with Gasteiger partial charge >= 0.3 is 0 Å². The van der Waals surface area contributed by atoms with Gasteiger partial charge in [0.1, 0.15) is 17.3 Å². The van der Waals surface area contributed by atoms with Gasteiger partial charge in [0.2, 0.25) is 0 Å². The van der Waals surface area contributed by atoms with E-state index in [9.17, 15) is 9.59 Å². The Kier molecular flexibility index (Phi) is 4.90. The molecule has 1 aromatic heterocycles. The first-order valence-electron chi connectivity index (χ1n) is 8.86. The predicted octanol–water partition coefficient (Wildman–Crippen LogP) is 4.00. The highest BCUT2D eigenvalue weighted by Gasteiger charge is 2.35. The van der Waals surface area contributed by atoms with E-state index < -0.39 is 0 Å². The normalized spacial score (nSPS) is 18.1. The van der Waals surface area contributed by atoms with Crippen molar-refractivity contribution in [3.8, 4) is 5.75 Å². The van der Waals surface area contributed by atoms with E-state index in [-0.39, 0.29) is 29.8 Å². The summed E-state index contributed by atoms with van der Waals surface area (Å²) in [6, 6.07) is 8.78. The van der Waals surface area contributed by atoms with Crippen molar-refractivity contribution in [3.05, 3.63) is 53.0 Å². The molecular formula is C21H25NO4. The van der Waals surface area contributed by atoms with Crippen molar-refractivity contribution < 1.29 is 18.7 Å². The summed E-state index contributed by atoms with van der Waals surface area (Å²) in [7, 11) is 0. The number of fused-ring (bicyclic) bond motifs is 1. The number of aryl methyl sites for hydroxylation is 1. The van der Waals surface area contributed by atoms with Crippen LogP contribution in [0.2, 0.25) is 0 Å². The molecule has 0 aliphatic heterocycles. The lowest BCUT2D eigenvalue weighted by Crippen LogP contribution is -2.38. The van der Waals surface area contributed by atoms with Crippen LogP contribution in [0.15, 0.2) is 34.7 Å². The van der Waals surface area contributed by atoms with E-state index >= 15 is 0 Å². The van der Waals surface area contributed by atoms with Crippen LogP contribution in [-0.4, -0.2) is 18.3 Å². The zero-order chi connectivity index (χ0) is 18.9. The summed E-state index contributed by atoms with van der Waals surface area (Å²) in [4.78, 5) is 23.8. The molecule has 1 aliphatic carbocycles. The minimum absolute atomic E-state index is 0.0350. The molecule has 3 rings (SSSR count). The maximum Gasteiger partial charge on any atom is 0.258 e. The molecule has 1 atom stereocenters. The van der Waals surface area contributed by atoms with E-state index in [0.29, 0.717) is 11.3 Å². The fraction of sp³-hybridized carbons (Fsp3) is 0.429. The Morgan fingerprint density at radius 1 is 1.31 bits per heavy atom. The third-order valence-corrected chi connectivity index (χ3v) is 4.68. The molecule has 0 saturated heterocycles. The lowest BCUT2D eigenvalue weighted by molar-refractivity contribution is -0.124. The average molecular weight is 355 g/mol. The highest BCUT2D eigenvalue weighted by Crippen LogP contribution is 2.41. The minimum Gasteiger partial charge on any atom is -0.484 e. The molecule has 26 heavy (non-hydrogen) atoms. The van der Waals surface area contributed by atoms with Crippen molar-refractivity contribution in [1.82, 2.24) is 5.32 Å². The van der Waals surface area contributed by atoms with Crippen molar-refractivity contribution in [2.75, 3.05) is 6.61 Å². The maximum atomic E-state index is 12.4. The number of Topliss-reactive ketones (excluding diaryl/α,β-unsaturated/α-hetero) is 1. The number of ketones is 1. The number of carbonyl (C=O) groups excluding carboxylic acids is 2. The van der Waals surface area contributed by atoms with E-state index in [2.05, 4.69) is 19.2 Å². The number of hydrogen-bond acceptors (Lipinski definition) is 4. The van der Waals surface area contributed by atoms with E-state index in [1.165, 1.54) is 6.92 Å². The number of ether oxygens (including phenoxy) is 1. The Morgan fingerprint density at radius 2 is 2.08 bits per heavy atom. The number of carbonyl (C=O) groups is 2. The smallest absolute Gasteiger partial charge is 0.258 e. The lowest BCUT2D eigenvalue weighted by atomic mass is 9.74. The van der Waals surface area contributed by atoms with E-state index in [4.69, 9.17) is 9.15 Å². The molecule has 0 spiro atoms. The topological polar surface area (TPSA) is 68.5 Å². The third-order valence-electron chi connectivity index (χ3n) is 4.68. The molecule has 0 saturated carbocycles. The van der Waals surface area contributed by atoms with Gasteiger partial charge in [-0.1, -0.05) is 26.0 Å². The molecule has 1 aliphatic rings. The largest absolute Gasteiger partial charge is 0.484 e. The quantitative estimate of drug-likeness (QED) is 0.823. The molecule has 1 amide bonds. The van der Waals surface area contributed by atoms with Gasteiger partial charge in [-0.2, -0.15) is 0 Å². The molecule has 0 bridgehead atoms. The number of amides is 1. The predicted molar refractivity (Wildman–Crippen MR) is 98.4 cm³/mol. The van der Waals surface area contributed by atoms with Crippen molar-refractivity contribution >= 4 is 11.7 Å². The molecule has 138 valence electrons. The second-order valence-electron chi connectivity index (χ2n) is 7.77. The van der Waals surface area contributed by atoms with Gasteiger partial charge in [-0.25, -0.2) is 0 Å². The number of nitrogens with one attached hydrogen (secondary N) is 1. The number of furan rings is 1. The van der Waals surface area contributed by atoms with Gasteiger partial charge < -0.3 is 14.5 Å². The van der Waals surface area contributed by atoms with E-state index in [1.54, 1.807) is 24.3 Å². The van der Waals surface area contributed by atoms with E-state index in [0.717, 1.165) is 29.9 Å². The first-order valence-corrected chi connectivity index (χ1v) is 8.86. The molecule has 1 aromatic carbocycles. The monoisotopic (exact) mass is 355 g/mol. The first kappa shape index (κ1) is 18.2. The fourth-order valence-corrected chi connectivity index (χ4v) is 3.50. The van der Waals surface area contributed by atoms with Gasteiger partial charge in [0.25, 0.3) is 5.91 Å². The molecule has 0 radical (unpaired) electrons. The molecule has 5 nitrogen and oxygen atoms in total. The van der Waals surface area contributed by atoms with Crippen LogP contribution >= 0.6 is 0 Å². The number of benzene rings is 1. The van der Waals surface area contributed by atoms with Crippen LogP contribution in [0, 0.1) is 12.3 Å². The molecule has 2 aromatic rings. The van der Waals surface area contributed by atoms with Crippen LogP contribution in [-0.2, 0) is 11.2 Å². The second-order valence-corrected chi connectivity index (χ2v) is 7.77. The van der Waals surface area contributed by atoms with Gasteiger partial charge in [0.15, 0.2) is 12.4 Å². The molecule has 1 N–H and O–H groups in total. The van der Waals surface area contributed by atoms with Crippen molar-refractivity contribution in [3.63, 3.8) is 0 Å². The standard InChI is InChI=1S/C21H25NO4/c1-13-8-17-18(10-21(3,4)11-19(17)26-13)22-20(24)12-25-16-7-5-6-15(9-16)14(2)23/h5-9,18H,10-12H2,1-4H3,(H,22,24). The molecule has 5 heteroatoms. The molecule has 1 heterocycles. The summed E-state index contributed by atoms with van der Waals surface area (Å²) in [5.41, 5.74) is 1.69. The second kappa shape index (κ2) is 6.98. The number of rotatable bonds is 5. The van der Waals surface area contributed by atoms with Gasteiger partial charge in [-0.15, -0.1) is 0 Å². The molecule has 1 unspecified atom stereocenters. The Labute approximate surface area is 153 Å². The SMILES string of the molecule is CC(=O)c1cccc(OCC(=O)NC2CC(C)(C)Cc3oc(C)cc32)c1. The van der Waals surface area contributed by atoms with Gasteiger partial charge in [0, 0.05) is 17.5 Å². The zero-order valence-corrected chi connectivity index (χ0v) is 15.7. The van der Waals surface area contributed by atoms with Crippen molar-refractivity contribution in [2.24, 2.45) is 5.41 Å². The zero-order valence-electron chi connectivity index (χ0n) is 15.7. The van der Waals surface area contributed by atoms with Crippen LogP contribution < -0.4 is 10.1 Å². The Balaban J connectivity index is 1.65. The Hall–Kier alpha value is -2.56. The summed E-state index contributed by atoms with van der Waals surface area (Å²) >= 11 is 0. The van der Waals surface area contributed by atoms with Crippen LogP contribution in [0.5, 0.6) is 5.75 Å². The summed E-state index contributed by atoms with van der Waals surface area (Å²) < 4.78 is 11.4. The summed E-state index contributed by atoms with van der Waals surface area (Å²) in [6.45, 7) is 7.69. The Morgan fingerprint density at radius 3 is 2.81 bits per heavy atom. The number of hydrogen-bond donors (Lipinski definition) is 1. The highest BCUT2D eigenvalue weighted by atomic mass is 16.5. The van der Waals surface area contributed by atoms with Gasteiger partial charge in [-0.05, 0) is 43.9 Å². The van der Waals surface area contributed by atoms with Gasteiger partial charge in [-0.3, -0.25) is 9.59 Å². The first-order chi connectivity index (χ1) is 12.2. The van der Waals surface area contributed by atoms with Crippen LogP contribution in [0.25, 0.3) is 0 Å². The van der Waals surface area contributed by atoms with Crippen LogP contribution in [0.1, 0.15) is 60.7 Å². The summed E-state index contributed by atoms with van der Waals surface area (Å²) in [5.74, 6) is 2.11. The van der Waals surface area contributed by atoms with Gasteiger partial charge in [0.05, 0.1) is 6.04 Å². The summed E-state index contributed by atoms with van der Waals surface area (Å²) in [6.07, 6.45) is 1.72. The third kappa shape index (κ3) is 4.15. The van der Waals surface area contributed by atoms with Crippen LogP contribution in [0.3, 0.4) is 0 Å². The van der Waals surface area contributed by atoms with Crippen molar-refractivity contribution in [2.45, 2.75) is 46.6 Å². The highest BCUT2D eigenvalue weighted by molar-refractivity contribution is 5.94. The minimum atomic E-state index is -0.189. The maximum absolute atomic E-state index is 12.4. The van der Waals surface area contributed by atoms with Crippen molar-refractivity contribution in [1.29, 1.82) is 0 Å². The Bertz CT molecular complexity index is 834. The molecule has 0 fully saturated rings.